The lowest BCUT2D eigenvalue weighted by molar-refractivity contribution is -0.718. The zero-order chi connectivity index (χ0) is 17.6. The zero-order valence-electron chi connectivity index (χ0n) is 15.9. The molecule has 1 aromatic carbocycles. The summed E-state index contributed by atoms with van der Waals surface area (Å²) >= 11 is 0. The lowest BCUT2D eigenvalue weighted by Crippen LogP contribution is -2.98. The van der Waals surface area contributed by atoms with E-state index < -0.39 is 0 Å². The van der Waals surface area contributed by atoms with Crippen molar-refractivity contribution in [1.29, 1.82) is 0 Å². The van der Waals surface area contributed by atoms with Crippen molar-refractivity contribution in [2.24, 2.45) is 23.2 Å². The number of anilines is 1. The number of amides is 1. The van der Waals surface area contributed by atoms with Crippen molar-refractivity contribution in [3.63, 3.8) is 0 Å². The standard InChI is InChI=1S/C22H32N2O/c1-14-5-4-6-20(7-14)24-21(25)15(2)23-16(3)22-11-17-8-18(12-22)10-19(9-17)13-22/h4-7,15-19,23H,8-13H2,1-3H3,(H,24,25)/p+1/t15-,16-,17?,18?,19?,22?/m1/s1. The summed E-state index contributed by atoms with van der Waals surface area (Å²) in [6.45, 7) is 6.49. The molecule has 1 aromatic rings. The van der Waals surface area contributed by atoms with Gasteiger partial charge in [0.1, 0.15) is 0 Å². The van der Waals surface area contributed by atoms with Crippen LogP contribution in [0, 0.1) is 30.1 Å². The molecule has 0 unspecified atom stereocenters. The van der Waals surface area contributed by atoms with Gasteiger partial charge in [-0.1, -0.05) is 12.1 Å². The minimum absolute atomic E-state index is 0.0384. The summed E-state index contributed by atoms with van der Waals surface area (Å²) in [7, 11) is 0. The van der Waals surface area contributed by atoms with E-state index in [2.05, 4.69) is 37.5 Å². The number of benzene rings is 1. The lowest BCUT2D eigenvalue weighted by Gasteiger charge is -2.58. The fourth-order valence-corrected chi connectivity index (χ4v) is 6.44. The van der Waals surface area contributed by atoms with Gasteiger partial charge in [-0.3, -0.25) is 4.79 Å². The smallest absolute Gasteiger partial charge is 0.282 e. The highest BCUT2D eigenvalue weighted by atomic mass is 16.2. The zero-order valence-corrected chi connectivity index (χ0v) is 15.9. The second-order valence-electron chi connectivity index (χ2n) is 9.41. The van der Waals surface area contributed by atoms with Gasteiger partial charge in [-0.05, 0) is 94.7 Å². The number of rotatable bonds is 5. The topological polar surface area (TPSA) is 45.7 Å². The maximum atomic E-state index is 12.6. The molecule has 3 heteroatoms. The van der Waals surface area contributed by atoms with Crippen LogP contribution in [-0.2, 0) is 4.79 Å². The first-order valence-corrected chi connectivity index (χ1v) is 10.2. The molecule has 0 heterocycles. The molecule has 0 aliphatic heterocycles. The average molecular weight is 342 g/mol. The van der Waals surface area contributed by atoms with Crippen LogP contribution in [0.1, 0.15) is 57.9 Å². The molecular weight excluding hydrogens is 308 g/mol. The molecule has 0 saturated heterocycles. The van der Waals surface area contributed by atoms with Gasteiger partial charge in [0.2, 0.25) is 0 Å². The van der Waals surface area contributed by atoms with E-state index in [1.807, 2.05) is 18.2 Å². The predicted molar refractivity (Wildman–Crippen MR) is 101 cm³/mol. The summed E-state index contributed by atoms with van der Waals surface area (Å²) in [5.74, 6) is 3.04. The van der Waals surface area contributed by atoms with Crippen LogP contribution in [0.4, 0.5) is 5.69 Å². The fourth-order valence-electron chi connectivity index (χ4n) is 6.44. The van der Waals surface area contributed by atoms with Crippen molar-refractivity contribution in [1.82, 2.24) is 0 Å². The van der Waals surface area contributed by atoms with Gasteiger partial charge in [0, 0.05) is 11.1 Å². The van der Waals surface area contributed by atoms with Crippen LogP contribution in [0.25, 0.3) is 0 Å². The summed E-state index contributed by atoms with van der Waals surface area (Å²) in [6, 6.07) is 8.56. The second-order valence-corrected chi connectivity index (χ2v) is 9.41. The van der Waals surface area contributed by atoms with E-state index in [-0.39, 0.29) is 11.9 Å². The Morgan fingerprint density at radius 2 is 1.72 bits per heavy atom. The molecule has 0 spiro atoms. The number of carbonyl (C=O) groups is 1. The minimum atomic E-state index is -0.0384. The van der Waals surface area contributed by atoms with Crippen LogP contribution < -0.4 is 10.6 Å². The maximum absolute atomic E-state index is 12.6. The molecule has 0 radical (unpaired) electrons. The van der Waals surface area contributed by atoms with Crippen LogP contribution in [0.15, 0.2) is 24.3 Å². The Bertz CT molecular complexity index is 618. The Kier molecular flexibility index (Phi) is 4.39. The van der Waals surface area contributed by atoms with Crippen LogP contribution in [0.5, 0.6) is 0 Å². The summed E-state index contributed by atoms with van der Waals surface area (Å²) < 4.78 is 0. The van der Waals surface area contributed by atoms with Crippen LogP contribution in [0.2, 0.25) is 0 Å². The Labute approximate surface area is 152 Å². The van der Waals surface area contributed by atoms with Crippen LogP contribution in [0.3, 0.4) is 0 Å². The van der Waals surface area contributed by atoms with E-state index in [4.69, 9.17) is 0 Å². The lowest BCUT2D eigenvalue weighted by atomic mass is 9.48. The average Bonchev–Trinajstić information content (AvgIpc) is 2.53. The Morgan fingerprint density at radius 1 is 1.12 bits per heavy atom. The first kappa shape index (κ1) is 17.1. The molecule has 4 aliphatic rings. The largest absolute Gasteiger partial charge is 0.334 e. The third kappa shape index (κ3) is 3.36. The third-order valence-corrected chi connectivity index (χ3v) is 7.33. The van der Waals surface area contributed by atoms with E-state index in [9.17, 15) is 4.79 Å². The van der Waals surface area contributed by atoms with Crippen molar-refractivity contribution in [3.8, 4) is 0 Å². The summed E-state index contributed by atoms with van der Waals surface area (Å²) in [4.78, 5) is 12.6. The predicted octanol–water partition coefficient (Wildman–Crippen LogP) is 3.49. The van der Waals surface area contributed by atoms with Crippen molar-refractivity contribution in [2.45, 2.75) is 71.4 Å². The number of aryl methyl sites for hydroxylation is 1. The van der Waals surface area contributed by atoms with Gasteiger partial charge in [0.15, 0.2) is 6.04 Å². The highest BCUT2D eigenvalue weighted by molar-refractivity contribution is 5.93. The number of quaternary nitrogens is 1. The molecular formula is C22H33N2O+. The summed E-state index contributed by atoms with van der Waals surface area (Å²) in [6.07, 6.45) is 8.66. The summed E-state index contributed by atoms with van der Waals surface area (Å²) in [5.41, 5.74) is 2.58. The number of nitrogens with two attached hydrogens (primary N) is 1. The Balaban J connectivity index is 1.38. The molecule has 4 saturated carbocycles. The second kappa shape index (κ2) is 6.42. The van der Waals surface area contributed by atoms with E-state index >= 15 is 0 Å². The van der Waals surface area contributed by atoms with Crippen molar-refractivity contribution >= 4 is 11.6 Å². The third-order valence-electron chi connectivity index (χ3n) is 7.33. The molecule has 2 atom stereocenters. The number of nitrogens with one attached hydrogen (secondary N) is 1. The SMILES string of the molecule is Cc1cccc(NC(=O)[C@@H](C)[NH2+][C@H](C)C23CC4CC(CC(C4)C2)C3)c1. The molecule has 3 N–H and O–H groups in total. The molecule has 25 heavy (non-hydrogen) atoms. The van der Waals surface area contributed by atoms with Gasteiger partial charge < -0.3 is 10.6 Å². The van der Waals surface area contributed by atoms with Gasteiger partial charge >= 0.3 is 0 Å². The van der Waals surface area contributed by atoms with Gasteiger partial charge in [0.25, 0.3) is 5.91 Å². The van der Waals surface area contributed by atoms with Gasteiger partial charge in [0.05, 0.1) is 6.04 Å². The van der Waals surface area contributed by atoms with E-state index in [0.717, 1.165) is 23.4 Å². The van der Waals surface area contributed by atoms with Crippen molar-refractivity contribution in [2.75, 3.05) is 5.32 Å². The first-order chi connectivity index (χ1) is 11.9. The fraction of sp³-hybridized carbons (Fsp3) is 0.682. The van der Waals surface area contributed by atoms with E-state index in [1.54, 1.807) is 0 Å². The molecule has 136 valence electrons. The summed E-state index contributed by atoms with van der Waals surface area (Å²) in [5, 5.41) is 5.44. The van der Waals surface area contributed by atoms with E-state index in [0.29, 0.717) is 11.5 Å². The first-order valence-electron chi connectivity index (χ1n) is 10.2. The molecule has 5 rings (SSSR count). The van der Waals surface area contributed by atoms with E-state index in [1.165, 1.54) is 44.1 Å². The molecule has 4 aliphatic carbocycles. The van der Waals surface area contributed by atoms with Gasteiger partial charge in [-0.15, -0.1) is 0 Å². The van der Waals surface area contributed by atoms with Crippen LogP contribution in [-0.4, -0.2) is 18.0 Å². The van der Waals surface area contributed by atoms with Crippen molar-refractivity contribution in [3.05, 3.63) is 29.8 Å². The normalized spacial score (nSPS) is 35.4. The molecule has 3 nitrogen and oxygen atoms in total. The monoisotopic (exact) mass is 341 g/mol. The highest BCUT2D eigenvalue weighted by Gasteiger charge is 2.54. The number of hydrogen-bond acceptors (Lipinski definition) is 1. The Morgan fingerprint density at radius 3 is 2.28 bits per heavy atom. The molecule has 1 amide bonds. The number of carbonyl (C=O) groups excluding carboxylic acids is 1. The number of hydrogen-bond donors (Lipinski definition) is 2. The van der Waals surface area contributed by atoms with Gasteiger partial charge in [-0.2, -0.15) is 0 Å². The minimum Gasteiger partial charge on any atom is -0.334 e. The Hall–Kier alpha value is -1.35. The quantitative estimate of drug-likeness (QED) is 0.846. The highest BCUT2D eigenvalue weighted by Crippen LogP contribution is 2.60. The van der Waals surface area contributed by atoms with Crippen molar-refractivity contribution < 1.29 is 10.1 Å². The molecule has 4 bridgehead atoms. The maximum Gasteiger partial charge on any atom is 0.282 e. The van der Waals surface area contributed by atoms with Crippen LogP contribution >= 0.6 is 0 Å². The molecule has 0 aromatic heterocycles. The molecule has 4 fully saturated rings. The van der Waals surface area contributed by atoms with Gasteiger partial charge in [-0.25, -0.2) is 0 Å².